The molecule has 3 fully saturated rings. The second-order valence-electron chi connectivity index (χ2n) is 4.49. The molecular formula is C9H14. The van der Waals surface area contributed by atoms with Crippen LogP contribution in [0.1, 0.15) is 32.6 Å². The summed E-state index contributed by atoms with van der Waals surface area (Å²) in [5.74, 6) is 3.48. The Labute approximate surface area is 56.6 Å². The summed E-state index contributed by atoms with van der Waals surface area (Å²) in [5, 5.41) is 0. The molecule has 4 unspecified atom stereocenters. The van der Waals surface area contributed by atoms with Crippen LogP contribution >= 0.6 is 0 Å². The molecule has 0 bridgehead atoms. The molecule has 0 heteroatoms. The molecule has 0 N–H and O–H groups in total. The zero-order valence-corrected chi connectivity index (χ0v) is 6.06. The number of hydrogen-bond donors (Lipinski definition) is 0. The lowest BCUT2D eigenvalue weighted by Gasteiger charge is -2.34. The maximum Gasteiger partial charge on any atom is -0.0235 e. The SMILES string of the molecule is CC1CC2CCC23CC13. The Morgan fingerprint density at radius 3 is 2.56 bits per heavy atom. The van der Waals surface area contributed by atoms with Gasteiger partial charge in [-0.1, -0.05) is 6.92 Å². The summed E-state index contributed by atoms with van der Waals surface area (Å²) in [7, 11) is 0. The van der Waals surface area contributed by atoms with E-state index in [2.05, 4.69) is 6.92 Å². The maximum atomic E-state index is 2.46. The van der Waals surface area contributed by atoms with Gasteiger partial charge >= 0.3 is 0 Å². The van der Waals surface area contributed by atoms with Crippen molar-refractivity contribution in [3.63, 3.8) is 0 Å². The highest BCUT2D eigenvalue weighted by molar-refractivity contribution is 5.18. The first-order valence-electron chi connectivity index (χ1n) is 4.33. The third-order valence-corrected chi connectivity index (χ3v) is 4.29. The van der Waals surface area contributed by atoms with E-state index in [1.165, 1.54) is 11.8 Å². The molecule has 3 saturated carbocycles. The van der Waals surface area contributed by atoms with Crippen LogP contribution in [0.15, 0.2) is 0 Å². The Hall–Kier alpha value is 0. The molecule has 0 aromatic rings. The van der Waals surface area contributed by atoms with E-state index in [0.717, 1.165) is 11.3 Å². The summed E-state index contributed by atoms with van der Waals surface area (Å²) in [5.41, 5.74) is 0.972. The average Bonchev–Trinajstić information content (AvgIpc) is 2.50. The van der Waals surface area contributed by atoms with E-state index in [9.17, 15) is 0 Å². The first-order valence-corrected chi connectivity index (χ1v) is 4.33. The molecule has 3 aliphatic carbocycles. The Morgan fingerprint density at radius 1 is 1.44 bits per heavy atom. The monoisotopic (exact) mass is 122 g/mol. The molecule has 0 amide bonds. The standard InChI is InChI=1S/C9H14/c1-6-4-7-2-3-9(7)5-8(6)9/h6-8H,2-5H2,1H3. The van der Waals surface area contributed by atoms with Crippen molar-refractivity contribution in [1.29, 1.82) is 0 Å². The normalized spacial score (nSPS) is 68.3. The van der Waals surface area contributed by atoms with Gasteiger partial charge < -0.3 is 0 Å². The first kappa shape index (κ1) is 4.76. The largest absolute Gasteiger partial charge is 0.0622 e. The third kappa shape index (κ3) is 0.342. The predicted molar refractivity (Wildman–Crippen MR) is 37.0 cm³/mol. The smallest absolute Gasteiger partial charge is 0.0235 e. The number of rotatable bonds is 0. The van der Waals surface area contributed by atoms with Crippen molar-refractivity contribution >= 4 is 0 Å². The molecule has 0 aromatic carbocycles. The molecule has 0 aromatic heterocycles. The second kappa shape index (κ2) is 1.09. The van der Waals surface area contributed by atoms with Gasteiger partial charge in [-0.3, -0.25) is 0 Å². The van der Waals surface area contributed by atoms with E-state index in [1.807, 2.05) is 0 Å². The van der Waals surface area contributed by atoms with Crippen molar-refractivity contribution < 1.29 is 0 Å². The minimum Gasteiger partial charge on any atom is -0.0622 e. The van der Waals surface area contributed by atoms with Gasteiger partial charge in [0.1, 0.15) is 0 Å². The summed E-state index contributed by atoms with van der Waals surface area (Å²) in [4.78, 5) is 0. The Morgan fingerprint density at radius 2 is 2.33 bits per heavy atom. The molecule has 0 radical (unpaired) electrons. The van der Waals surface area contributed by atoms with Gasteiger partial charge in [0.25, 0.3) is 0 Å². The fourth-order valence-electron chi connectivity index (χ4n) is 3.56. The zero-order valence-electron chi connectivity index (χ0n) is 6.06. The predicted octanol–water partition coefficient (Wildman–Crippen LogP) is 2.44. The van der Waals surface area contributed by atoms with E-state index < -0.39 is 0 Å². The van der Waals surface area contributed by atoms with Crippen LogP contribution < -0.4 is 0 Å². The molecule has 3 aliphatic rings. The summed E-state index contributed by atoms with van der Waals surface area (Å²) < 4.78 is 0. The average molecular weight is 122 g/mol. The van der Waals surface area contributed by atoms with Gasteiger partial charge in [-0.25, -0.2) is 0 Å². The zero-order chi connectivity index (χ0) is 6.06. The summed E-state index contributed by atoms with van der Waals surface area (Å²) in [6, 6.07) is 0. The van der Waals surface area contributed by atoms with Crippen LogP contribution in [0.25, 0.3) is 0 Å². The summed E-state index contributed by atoms with van der Waals surface area (Å²) in [6.45, 7) is 2.46. The highest BCUT2D eigenvalue weighted by atomic mass is 14.7. The van der Waals surface area contributed by atoms with E-state index >= 15 is 0 Å². The molecule has 0 aliphatic heterocycles. The minimum atomic E-state index is 0.972. The van der Waals surface area contributed by atoms with Crippen LogP contribution in [-0.4, -0.2) is 0 Å². The van der Waals surface area contributed by atoms with Crippen LogP contribution in [0, 0.1) is 23.2 Å². The van der Waals surface area contributed by atoms with Crippen molar-refractivity contribution in [2.45, 2.75) is 32.6 Å². The Bertz CT molecular complexity index is 157. The second-order valence-corrected chi connectivity index (χ2v) is 4.49. The summed E-state index contributed by atoms with van der Waals surface area (Å²) in [6.07, 6.45) is 6.34. The van der Waals surface area contributed by atoms with Gasteiger partial charge in [0.05, 0.1) is 0 Å². The van der Waals surface area contributed by atoms with Crippen molar-refractivity contribution in [3.05, 3.63) is 0 Å². The Kier molecular flexibility index (Phi) is 0.574. The van der Waals surface area contributed by atoms with Crippen LogP contribution in [0.5, 0.6) is 0 Å². The molecule has 1 spiro atoms. The van der Waals surface area contributed by atoms with Gasteiger partial charge in [-0.2, -0.15) is 0 Å². The molecule has 0 saturated heterocycles. The Balaban J connectivity index is 1.97. The molecule has 9 heavy (non-hydrogen) atoms. The van der Waals surface area contributed by atoms with Crippen molar-refractivity contribution in [2.24, 2.45) is 23.2 Å². The molecular weight excluding hydrogens is 108 g/mol. The van der Waals surface area contributed by atoms with E-state index in [-0.39, 0.29) is 0 Å². The lowest BCUT2D eigenvalue weighted by Crippen LogP contribution is -2.24. The van der Waals surface area contributed by atoms with Gasteiger partial charge in [0.15, 0.2) is 0 Å². The quantitative estimate of drug-likeness (QED) is 0.463. The van der Waals surface area contributed by atoms with Crippen LogP contribution in [-0.2, 0) is 0 Å². The molecule has 0 nitrogen and oxygen atoms in total. The van der Waals surface area contributed by atoms with Crippen LogP contribution in [0.3, 0.4) is 0 Å². The topological polar surface area (TPSA) is 0 Å². The van der Waals surface area contributed by atoms with Gasteiger partial charge in [0, 0.05) is 0 Å². The van der Waals surface area contributed by atoms with Crippen LogP contribution in [0.2, 0.25) is 0 Å². The maximum absolute atomic E-state index is 2.46. The van der Waals surface area contributed by atoms with Crippen molar-refractivity contribution in [1.82, 2.24) is 0 Å². The molecule has 0 heterocycles. The van der Waals surface area contributed by atoms with E-state index in [0.29, 0.717) is 0 Å². The van der Waals surface area contributed by atoms with Crippen LogP contribution in [0.4, 0.5) is 0 Å². The molecule has 4 atom stereocenters. The highest BCUT2D eigenvalue weighted by Gasteiger charge is 2.69. The minimum absolute atomic E-state index is 0.972. The van der Waals surface area contributed by atoms with Crippen molar-refractivity contribution in [2.75, 3.05) is 0 Å². The van der Waals surface area contributed by atoms with E-state index in [1.54, 1.807) is 25.7 Å². The lowest BCUT2D eigenvalue weighted by molar-refractivity contribution is 0.164. The highest BCUT2D eigenvalue weighted by Crippen LogP contribution is 2.77. The van der Waals surface area contributed by atoms with Crippen molar-refractivity contribution in [3.8, 4) is 0 Å². The summed E-state index contributed by atoms with van der Waals surface area (Å²) >= 11 is 0. The lowest BCUT2D eigenvalue weighted by atomic mass is 9.71. The van der Waals surface area contributed by atoms with Gasteiger partial charge in [-0.05, 0) is 48.9 Å². The molecule has 3 rings (SSSR count). The fraction of sp³-hybridized carbons (Fsp3) is 1.00. The fourth-order valence-corrected chi connectivity index (χ4v) is 3.56. The molecule has 50 valence electrons. The third-order valence-electron chi connectivity index (χ3n) is 4.29. The van der Waals surface area contributed by atoms with Gasteiger partial charge in [0.2, 0.25) is 0 Å². The number of hydrogen-bond acceptors (Lipinski definition) is 0. The van der Waals surface area contributed by atoms with Gasteiger partial charge in [-0.15, -0.1) is 0 Å². The van der Waals surface area contributed by atoms with E-state index in [4.69, 9.17) is 0 Å². The first-order chi connectivity index (χ1) is 4.33.